The summed E-state index contributed by atoms with van der Waals surface area (Å²) in [4.78, 5) is 27.3. The number of rotatable bonds is 6. The molecule has 0 bridgehead atoms. The van der Waals surface area contributed by atoms with E-state index in [1.165, 1.54) is 12.0 Å². The summed E-state index contributed by atoms with van der Waals surface area (Å²) in [5, 5.41) is 0. The zero-order valence-corrected chi connectivity index (χ0v) is 19.0. The number of sulfonamides is 1. The summed E-state index contributed by atoms with van der Waals surface area (Å²) in [7, 11) is -0.466. The van der Waals surface area contributed by atoms with E-state index in [2.05, 4.69) is 4.72 Å². The standard InChI is InChI=1S/C22H22N3O7S/c1-24-8-7-13-16(11-24)18(30-2)20-19(31-12-32-20)17(13)23-33(28,29)10-9-25-21(26)14-5-3-4-6-15(14)22(25)27/h3-6H,7-12H2,1-2H3/q-1/p+1. The Morgan fingerprint density at radius 3 is 2.42 bits per heavy atom. The second-order valence-corrected chi connectivity index (χ2v) is 9.98. The smallest absolute Gasteiger partial charge is 0.261 e. The van der Waals surface area contributed by atoms with E-state index in [4.69, 9.17) is 14.2 Å². The molecule has 0 saturated carbocycles. The highest BCUT2D eigenvalue weighted by Crippen LogP contribution is 2.54. The van der Waals surface area contributed by atoms with E-state index in [0.29, 0.717) is 24.5 Å². The van der Waals surface area contributed by atoms with Gasteiger partial charge in [-0.2, -0.15) is 0 Å². The maximum atomic E-state index is 13.0. The molecular formula is C22H23N3O7S. The molecule has 174 valence electrons. The molecule has 0 aliphatic carbocycles. The first-order valence-electron chi connectivity index (χ1n) is 10.5. The average molecular weight is 474 g/mol. The van der Waals surface area contributed by atoms with Crippen LogP contribution in [0.25, 0.3) is 4.72 Å². The number of hydrogen-bond donors (Lipinski definition) is 1. The molecule has 0 fully saturated rings. The fourth-order valence-corrected chi connectivity index (χ4v) is 5.48. The van der Waals surface area contributed by atoms with Crippen LogP contribution in [0.3, 0.4) is 0 Å². The number of amides is 2. The van der Waals surface area contributed by atoms with Crippen molar-refractivity contribution in [3.8, 4) is 17.2 Å². The lowest BCUT2D eigenvalue weighted by Gasteiger charge is -2.33. The van der Waals surface area contributed by atoms with Gasteiger partial charge in [-0.25, -0.2) is 8.42 Å². The van der Waals surface area contributed by atoms with Crippen LogP contribution in [0.4, 0.5) is 5.69 Å². The molecule has 2 aromatic carbocycles. The van der Waals surface area contributed by atoms with Gasteiger partial charge < -0.3 is 23.8 Å². The van der Waals surface area contributed by atoms with Crippen molar-refractivity contribution in [2.75, 3.05) is 39.8 Å². The number of likely N-dealkylation sites (N-methyl/N-ethyl adjacent to an activating group) is 1. The van der Waals surface area contributed by atoms with E-state index >= 15 is 0 Å². The number of hydrogen-bond acceptors (Lipinski definition) is 7. The number of benzene rings is 2. The lowest BCUT2D eigenvalue weighted by atomic mass is 9.96. The van der Waals surface area contributed by atoms with Crippen molar-refractivity contribution in [3.63, 3.8) is 0 Å². The number of quaternary nitrogens is 1. The van der Waals surface area contributed by atoms with Crippen LogP contribution in [0, 0.1) is 0 Å². The summed E-state index contributed by atoms with van der Waals surface area (Å²) in [5.74, 6) is -0.374. The Labute approximate surface area is 191 Å². The Bertz CT molecular complexity index is 1240. The second kappa shape index (κ2) is 7.92. The molecule has 0 spiro atoms. The molecule has 10 nitrogen and oxygen atoms in total. The molecule has 5 rings (SSSR count). The Morgan fingerprint density at radius 2 is 1.76 bits per heavy atom. The summed E-state index contributed by atoms with van der Waals surface area (Å²) in [6.07, 6.45) is 0.598. The molecule has 2 amide bonds. The van der Waals surface area contributed by atoms with Gasteiger partial charge in [-0.15, -0.1) is 0 Å². The van der Waals surface area contributed by atoms with Gasteiger partial charge in [-0.3, -0.25) is 14.5 Å². The summed E-state index contributed by atoms with van der Waals surface area (Å²) >= 11 is 0. The van der Waals surface area contributed by atoms with Crippen molar-refractivity contribution in [1.29, 1.82) is 0 Å². The number of nitrogens with one attached hydrogen (secondary N) is 1. The molecule has 0 radical (unpaired) electrons. The molecule has 1 atom stereocenters. The first-order chi connectivity index (χ1) is 15.8. The van der Waals surface area contributed by atoms with Gasteiger partial charge in [0.15, 0.2) is 11.5 Å². The quantitative estimate of drug-likeness (QED) is 0.612. The van der Waals surface area contributed by atoms with Crippen LogP contribution in [0.15, 0.2) is 24.3 Å². The number of ether oxygens (including phenoxy) is 3. The van der Waals surface area contributed by atoms with Crippen LogP contribution >= 0.6 is 0 Å². The number of carbonyl (C=O) groups is 2. The average Bonchev–Trinajstić information content (AvgIpc) is 3.36. The third kappa shape index (κ3) is 3.57. The van der Waals surface area contributed by atoms with Crippen LogP contribution in [0.1, 0.15) is 31.8 Å². The third-order valence-corrected chi connectivity index (χ3v) is 7.28. The molecule has 0 saturated heterocycles. The van der Waals surface area contributed by atoms with Crippen molar-refractivity contribution in [2.24, 2.45) is 0 Å². The molecule has 3 aliphatic heterocycles. The van der Waals surface area contributed by atoms with E-state index < -0.39 is 27.6 Å². The van der Waals surface area contributed by atoms with Gasteiger partial charge in [0.05, 0.1) is 53.2 Å². The van der Waals surface area contributed by atoms with Crippen LogP contribution in [-0.4, -0.2) is 64.9 Å². The minimum Gasteiger partial charge on any atom is -0.573 e. The van der Waals surface area contributed by atoms with E-state index in [-0.39, 0.29) is 35.9 Å². The number of carbonyl (C=O) groups excluding carboxylic acids is 2. The first-order valence-corrected chi connectivity index (χ1v) is 12.1. The molecule has 1 unspecified atom stereocenters. The maximum Gasteiger partial charge on any atom is 0.261 e. The molecule has 11 heteroatoms. The molecule has 2 aromatic rings. The summed E-state index contributed by atoms with van der Waals surface area (Å²) in [6.45, 7) is 1.08. The fraction of sp³-hybridized carbons (Fsp3) is 0.364. The van der Waals surface area contributed by atoms with Crippen molar-refractivity contribution in [3.05, 3.63) is 51.2 Å². The monoisotopic (exact) mass is 473 g/mol. The van der Waals surface area contributed by atoms with Gasteiger partial charge in [0.25, 0.3) is 11.8 Å². The van der Waals surface area contributed by atoms with E-state index in [1.54, 1.807) is 24.3 Å². The van der Waals surface area contributed by atoms with Crippen LogP contribution < -0.4 is 19.1 Å². The van der Waals surface area contributed by atoms with Gasteiger partial charge in [-0.1, -0.05) is 17.8 Å². The Hall–Kier alpha value is -3.31. The molecule has 3 aliphatic rings. The van der Waals surface area contributed by atoms with Crippen molar-refractivity contribution < 1.29 is 37.1 Å². The van der Waals surface area contributed by atoms with Gasteiger partial charge in [-0.05, 0) is 17.7 Å². The topological polar surface area (TPSA) is 118 Å². The predicted octanol–water partition coefficient (Wildman–Crippen LogP) is 0.626. The number of nitrogens with zero attached hydrogens (tertiary/aromatic N) is 2. The predicted molar refractivity (Wildman–Crippen MR) is 117 cm³/mol. The number of imide groups is 1. The lowest BCUT2D eigenvalue weighted by molar-refractivity contribution is -0.895. The second-order valence-electron chi connectivity index (χ2n) is 8.22. The number of methoxy groups -OCH3 is 1. The Morgan fingerprint density at radius 1 is 1.09 bits per heavy atom. The molecule has 33 heavy (non-hydrogen) atoms. The Kier molecular flexibility index (Phi) is 5.17. The van der Waals surface area contributed by atoms with E-state index in [1.807, 2.05) is 7.05 Å². The van der Waals surface area contributed by atoms with Crippen molar-refractivity contribution in [1.82, 2.24) is 4.90 Å². The molecule has 1 N–H and O–H groups in total. The summed E-state index contributed by atoms with van der Waals surface area (Å²) < 4.78 is 46.8. The van der Waals surface area contributed by atoms with Crippen molar-refractivity contribution >= 4 is 27.5 Å². The Balaban J connectivity index is 1.42. The normalized spacial score (nSPS) is 18.8. The SMILES string of the molecule is COc1c2c(c([N-]S(=O)(=O)CCN3C(=O)c4ccccc4C3=O)c3c1OCO3)CC[NH+](C)C2. The van der Waals surface area contributed by atoms with Gasteiger partial charge in [0, 0.05) is 13.0 Å². The van der Waals surface area contributed by atoms with E-state index in [0.717, 1.165) is 22.6 Å². The number of fused-ring (bicyclic) bond motifs is 3. The minimum absolute atomic E-state index is 0.0606. The minimum atomic E-state index is -4.05. The van der Waals surface area contributed by atoms with E-state index in [9.17, 15) is 18.0 Å². The van der Waals surface area contributed by atoms with Crippen LogP contribution in [0.2, 0.25) is 0 Å². The zero-order chi connectivity index (χ0) is 23.3. The van der Waals surface area contributed by atoms with Gasteiger partial charge >= 0.3 is 0 Å². The molecular weight excluding hydrogens is 450 g/mol. The zero-order valence-electron chi connectivity index (χ0n) is 18.2. The van der Waals surface area contributed by atoms with Crippen LogP contribution in [0.5, 0.6) is 17.2 Å². The maximum absolute atomic E-state index is 13.0. The first kappa shape index (κ1) is 21.5. The molecule has 3 heterocycles. The van der Waals surface area contributed by atoms with Crippen LogP contribution in [-0.2, 0) is 23.0 Å². The summed E-state index contributed by atoms with van der Waals surface area (Å²) in [6, 6.07) is 6.43. The highest BCUT2D eigenvalue weighted by Gasteiger charge is 2.35. The lowest BCUT2D eigenvalue weighted by Crippen LogP contribution is -3.08. The fourth-order valence-electron chi connectivity index (χ4n) is 4.51. The highest BCUT2D eigenvalue weighted by molar-refractivity contribution is 7.94. The van der Waals surface area contributed by atoms with Crippen molar-refractivity contribution in [2.45, 2.75) is 13.0 Å². The summed E-state index contributed by atoms with van der Waals surface area (Å²) in [5.41, 5.74) is 2.37. The third-order valence-electron chi connectivity index (χ3n) is 6.12. The van der Waals surface area contributed by atoms with Gasteiger partial charge in [0.1, 0.15) is 6.54 Å². The largest absolute Gasteiger partial charge is 0.573 e. The molecule has 0 aromatic heterocycles. The highest BCUT2D eigenvalue weighted by atomic mass is 32.2. The van der Waals surface area contributed by atoms with Gasteiger partial charge in [0.2, 0.25) is 12.5 Å².